The Kier molecular flexibility index (Phi) is 6.28. The summed E-state index contributed by atoms with van der Waals surface area (Å²) in [5.41, 5.74) is 0. The van der Waals surface area contributed by atoms with Gasteiger partial charge in [0.1, 0.15) is 0 Å². The van der Waals surface area contributed by atoms with Crippen molar-refractivity contribution in [1.82, 2.24) is 13.9 Å². The van der Waals surface area contributed by atoms with E-state index >= 15 is 0 Å². The molecule has 0 aromatic carbocycles. The summed E-state index contributed by atoms with van der Waals surface area (Å²) in [5, 5.41) is 3.29. The summed E-state index contributed by atoms with van der Waals surface area (Å²) in [6.45, 7) is 6.66. The molecule has 0 bridgehead atoms. The minimum Gasteiger partial charge on any atom is -0.314 e. The van der Waals surface area contributed by atoms with Crippen LogP contribution in [-0.4, -0.2) is 56.3 Å². The Balaban J connectivity index is 2.39. The fourth-order valence-corrected chi connectivity index (χ4v) is 3.20. The lowest BCUT2D eigenvalue weighted by Crippen LogP contribution is -2.44. The number of hydrogen-bond acceptors (Lipinski definition) is 3. The van der Waals surface area contributed by atoms with Crippen molar-refractivity contribution in [3.63, 3.8) is 0 Å². The van der Waals surface area contributed by atoms with Crippen LogP contribution in [0.25, 0.3) is 0 Å². The van der Waals surface area contributed by atoms with Crippen molar-refractivity contribution < 1.29 is 8.42 Å². The number of hydrogen-bond donors (Lipinski definition) is 1. The van der Waals surface area contributed by atoms with Crippen molar-refractivity contribution in [2.75, 3.05) is 33.2 Å². The zero-order valence-electron chi connectivity index (χ0n) is 11.6. The predicted octanol–water partition coefficient (Wildman–Crippen LogP) is 0.813. The average molecular weight is 275 g/mol. The molecule has 18 heavy (non-hydrogen) atoms. The van der Waals surface area contributed by atoms with Gasteiger partial charge in [-0.25, -0.2) is 0 Å². The molecule has 0 atom stereocenters. The maximum atomic E-state index is 12.2. The van der Waals surface area contributed by atoms with Crippen LogP contribution in [0.1, 0.15) is 26.7 Å². The fourth-order valence-electron chi connectivity index (χ4n) is 1.83. The highest BCUT2D eigenvalue weighted by atomic mass is 32.2. The first-order valence-corrected chi connectivity index (χ1v) is 7.94. The maximum absolute atomic E-state index is 12.2. The summed E-state index contributed by atoms with van der Waals surface area (Å²) in [6, 6.07) is 0.444. The van der Waals surface area contributed by atoms with E-state index in [1.165, 1.54) is 8.61 Å². The molecule has 1 rings (SSSR count). The summed E-state index contributed by atoms with van der Waals surface area (Å²) in [5.74, 6) is 0. The molecule has 0 aromatic heterocycles. The molecule has 6 heteroatoms. The molecule has 106 valence electrons. The molecule has 1 N–H and O–H groups in total. The van der Waals surface area contributed by atoms with Gasteiger partial charge in [-0.1, -0.05) is 26.0 Å². The van der Waals surface area contributed by atoms with Crippen LogP contribution in [0.5, 0.6) is 0 Å². The van der Waals surface area contributed by atoms with Gasteiger partial charge in [-0.15, -0.1) is 0 Å². The monoisotopic (exact) mass is 275 g/mol. The first kappa shape index (κ1) is 15.6. The van der Waals surface area contributed by atoms with Gasteiger partial charge in [0.05, 0.1) is 0 Å². The zero-order valence-corrected chi connectivity index (χ0v) is 12.4. The fraction of sp³-hybridized carbons (Fsp3) is 0.833. The van der Waals surface area contributed by atoms with Crippen LogP contribution >= 0.6 is 0 Å². The van der Waals surface area contributed by atoms with E-state index < -0.39 is 10.2 Å². The minimum atomic E-state index is -3.28. The number of rotatable bonds is 7. The quantitative estimate of drug-likeness (QED) is 0.553. The van der Waals surface area contributed by atoms with Gasteiger partial charge in [0, 0.05) is 32.7 Å². The Morgan fingerprint density at radius 3 is 2.67 bits per heavy atom. The topological polar surface area (TPSA) is 52.7 Å². The largest absolute Gasteiger partial charge is 0.314 e. The van der Waals surface area contributed by atoms with E-state index in [1.807, 2.05) is 12.2 Å². The lowest BCUT2D eigenvalue weighted by atomic mass is 10.3. The van der Waals surface area contributed by atoms with Crippen molar-refractivity contribution in [3.8, 4) is 0 Å². The van der Waals surface area contributed by atoms with Crippen molar-refractivity contribution in [2.24, 2.45) is 0 Å². The Morgan fingerprint density at radius 2 is 2.11 bits per heavy atom. The summed E-state index contributed by atoms with van der Waals surface area (Å²) >= 11 is 0. The Bertz CT molecular complexity index is 366. The molecule has 1 aliphatic rings. The highest BCUT2D eigenvalue weighted by Crippen LogP contribution is 2.11. The van der Waals surface area contributed by atoms with Crippen molar-refractivity contribution in [3.05, 3.63) is 12.2 Å². The second kappa shape index (κ2) is 7.23. The zero-order chi connectivity index (χ0) is 13.6. The van der Waals surface area contributed by atoms with Gasteiger partial charge >= 0.3 is 0 Å². The summed E-state index contributed by atoms with van der Waals surface area (Å²) in [4.78, 5) is 0. The lowest BCUT2D eigenvalue weighted by Gasteiger charge is -2.28. The molecule has 0 unspecified atom stereocenters. The molecule has 0 spiro atoms. The maximum Gasteiger partial charge on any atom is 0.282 e. The molecule has 5 nitrogen and oxygen atoms in total. The molecule has 0 amide bonds. The van der Waals surface area contributed by atoms with E-state index in [0.29, 0.717) is 25.7 Å². The van der Waals surface area contributed by atoms with E-state index in [-0.39, 0.29) is 0 Å². The van der Waals surface area contributed by atoms with Crippen LogP contribution in [0.2, 0.25) is 0 Å². The van der Waals surface area contributed by atoms with Crippen LogP contribution in [0.15, 0.2) is 12.2 Å². The van der Waals surface area contributed by atoms with E-state index in [1.54, 1.807) is 7.05 Å². The third-order valence-corrected chi connectivity index (χ3v) is 4.90. The van der Waals surface area contributed by atoms with Gasteiger partial charge in [-0.2, -0.15) is 17.0 Å². The minimum absolute atomic E-state index is 0.444. The predicted molar refractivity (Wildman–Crippen MR) is 74.6 cm³/mol. The molecule has 0 fully saturated rings. The lowest BCUT2D eigenvalue weighted by molar-refractivity contribution is 0.368. The molecular weight excluding hydrogens is 250 g/mol. The van der Waals surface area contributed by atoms with Crippen molar-refractivity contribution in [2.45, 2.75) is 32.7 Å². The van der Waals surface area contributed by atoms with Gasteiger partial charge < -0.3 is 5.32 Å². The summed E-state index contributed by atoms with van der Waals surface area (Å²) < 4.78 is 27.4. The van der Waals surface area contributed by atoms with Gasteiger partial charge in [0.15, 0.2) is 0 Å². The third-order valence-electron chi connectivity index (χ3n) is 2.94. The Labute approximate surface area is 111 Å². The molecule has 0 saturated carbocycles. The van der Waals surface area contributed by atoms with Gasteiger partial charge in [0.25, 0.3) is 10.2 Å². The molecule has 0 radical (unpaired) electrons. The summed E-state index contributed by atoms with van der Waals surface area (Å²) in [6.07, 6.45) is 5.58. The van der Waals surface area contributed by atoms with E-state index in [0.717, 1.165) is 19.4 Å². The van der Waals surface area contributed by atoms with E-state index in [4.69, 9.17) is 0 Å². The number of nitrogens with zero attached hydrogens (tertiary/aromatic N) is 2. The molecule has 1 heterocycles. The van der Waals surface area contributed by atoms with Gasteiger partial charge in [0.2, 0.25) is 0 Å². The SMILES string of the molecule is CC(C)NCCCN(C)S(=O)(=O)N1CC=CCC1. The molecule has 0 aromatic rings. The third kappa shape index (κ3) is 4.68. The van der Waals surface area contributed by atoms with E-state index in [2.05, 4.69) is 19.2 Å². The normalized spacial score (nSPS) is 17.8. The standard InChI is InChI=1S/C12H25N3O2S/c1-12(2)13-8-7-9-14(3)18(16,17)15-10-5-4-6-11-15/h4-5,12-13H,6-11H2,1-3H3. The first-order chi connectivity index (χ1) is 8.44. The molecule has 0 saturated heterocycles. The smallest absolute Gasteiger partial charge is 0.282 e. The van der Waals surface area contributed by atoms with Crippen LogP contribution in [0.4, 0.5) is 0 Å². The van der Waals surface area contributed by atoms with Crippen LogP contribution in [0.3, 0.4) is 0 Å². The van der Waals surface area contributed by atoms with Crippen molar-refractivity contribution in [1.29, 1.82) is 0 Å². The summed E-state index contributed by atoms with van der Waals surface area (Å²) in [7, 11) is -1.62. The second-order valence-electron chi connectivity index (χ2n) is 4.91. The van der Waals surface area contributed by atoms with Gasteiger partial charge in [-0.05, 0) is 19.4 Å². The Hall–Kier alpha value is -0.430. The highest BCUT2D eigenvalue weighted by Gasteiger charge is 2.26. The molecular formula is C12H25N3O2S. The van der Waals surface area contributed by atoms with Crippen LogP contribution in [0, 0.1) is 0 Å². The number of nitrogens with one attached hydrogen (secondary N) is 1. The van der Waals surface area contributed by atoms with E-state index in [9.17, 15) is 8.42 Å². The molecule has 1 aliphatic heterocycles. The molecule has 0 aliphatic carbocycles. The van der Waals surface area contributed by atoms with Crippen LogP contribution in [-0.2, 0) is 10.2 Å². The highest BCUT2D eigenvalue weighted by molar-refractivity contribution is 7.86. The van der Waals surface area contributed by atoms with Crippen LogP contribution < -0.4 is 5.32 Å². The first-order valence-electron chi connectivity index (χ1n) is 6.54. The average Bonchev–Trinajstić information content (AvgIpc) is 2.35. The van der Waals surface area contributed by atoms with Gasteiger partial charge in [-0.3, -0.25) is 0 Å². The van der Waals surface area contributed by atoms with Crippen molar-refractivity contribution >= 4 is 10.2 Å². The second-order valence-corrected chi connectivity index (χ2v) is 6.95. The Morgan fingerprint density at radius 1 is 1.39 bits per heavy atom.